The minimum Gasteiger partial charge on any atom is -0.268 e. The Morgan fingerprint density at radius 1 is 0.941 bits per heavy atom. The van der Waals surface area contributed by atoms with E-state index in [1.807, 2.05) is 6.92 Å². The van der Waals surface area contributed by atoms with Crippen LogP contribution in [0.5, 0.6) is 0 Å². The number of amides is 2. The lowest BCUT2D eigenvalue weighted by Crippen LogP contribution is -2.28. The third-order valence-electron chi connectivity index (χ3n) is 2.63. The van der Waals surface area contributed by atoms with E-state index >= 15 is 0 Å². The average Bonchev–Trinajstić information content (AvgIpc) is 2.57. The van der Waals surface area contributed by atoms with Crippen LogP contribution in [0.25, 0.3) is 0 Å². The topological polar surface area (TPSA) is 37.4 Å². The smallest absolute Gasteiger partial charge is 0.265 e. The molecule has 1 aliphatic rings. The Morgan fingerprint density at radius 3 is 1.71 bits per heavy atom. The van der Waals surface area contributed by atoms with Gasteiger partial charge in [-0.3, -0.25) is 9.59 Å². The number of allylic oxidation sites excluding steroid dienone is 5. The summed E-state index contributed by atoms with van der Waals surface area (Å²) in [6.07, 6.45) is 8.67. The molecule has 1 aliphatic heterocycles. The molecular formula is C14H17NO2. The van der Waals surface area contributed by atoms with Crippen molar-refractivity contribution in [3.8, 4) is 0 Å². The Balaban J connectivity index is 3.30. The normalized spacial score (nSPS) is 22.6. The van der Waals surface area contributed by atoms with E-state index in [-0.39, 0.29) is 11.8 Å². The minimum absolute atomic E-state index is 0.253. The van der Waals surface area contributed by atoms with Gasteiger partial charge in [0.2, 0.25) is 0 Å². The van der Waals surface area contributed by atoms with Crippen molar-refractivity contribution in [3.05, 3.63) is 47.2 Å². The highest BCUT2D eigenvalue weighted by Gasteiger charge is 2.38. The molecule has 0 aliphatic carbocycles. The van der Waals surface area contributed by atoms with Gasteiger partial charge in [0.1, 0.15) is 0 Å². The fourth-order valence-corrected chi connectivity index (χ4v) is 1.83. The number of likely N-dealkylation sites (tertiary alicyclic amines) is 1. The zero-order valence-electron chi connectivity index (χ0n) is 10.7. The highest BCUT2D eigenvalue weighted by Crippen LogP contribution is 2.28. The van der Waals surface area contributed by atoms with Crippen LogP contribution in [0.1, 0.15) is 27.7 Å². The van der Waals surface area contributed by atoms with Gasteiger partial charge < -0.3 is 0 Å². The number of carbonyl (C=O) groups excluding carboxylic acids is 2. The summed E-state index contributed by atoms with van der Waals surface area (Å²) in [7, 11) is 0. The summed E-state index contributed by atoms with van der Waals surface area (Å²) in [5, 5.41) is 0. The van der Waals surface area contributed by atoms with Crippen LogP contribution in [0.15, 0.2) is 47.2 Å². The Bertz CT molecular complexity index is 435. The van der Waals surface area contributed by atoms with Crippen LogP contribution in [0.2, 0.25) is 0 Å². The van der Waals surface area contributed by atoms with E-state index in [9.17, 15) is 9.59 Å². The zero-order chi connectivity index (χ0) is 13.0. The first-order valence-electron chi connectivity index (χ1n) is 5.63. The zero-order valence-corrected chi connectivity index (χ0v) is 10.7. The van der Waals surface area contributed by atoms with Crippen LogP contribution in [0, 0.1) is 0 Å². The fraction of sp³-hybridized carbons (Fsp3) is 0.286. The molecule has 0 spiro atoms. The second-order valence-corrected chi connectivity index (χ2v) is 3.56. The molecule has 0 aromatic heterocycles. The molecule has 0 saturated carbocycles. The molecule has 0 radical (unpaired) electrons. The minimum atomic E-state index is -0.253. The van der Waals surface area contributed by atoms with Crippen LogP contribution in [0.4, 0.5) is 0 Å². The molecule has 0 aromatic rings. The molecule has 0 N–H and O–H groups in total. The molecule has 17 heavy (non-hydrogen) atoms. The maximum Gasteiger partial charge on any atom is 0.265 e. The molecule has 3 nitrogen and oxygen atoms in total. The molecule has 1 rings (SSSR count). The molecular weight excluding hydrogens is 214 g/mol. The number of rotatable bonds is 2. The molecule has 3 heteroatoms. The Labute approximate surface area is 102 Å². The van der Waals surface area contributed by atoms with Crippen LogP contribution in [-0.2, 0) is 9.59 Å². The van der Waals surface area contributed by atoms with Crippen LogP contribution in [-0.4, -0.2) is 16.7 Å². The van der Waals surface area contributed by atoms with E-state index in [2.05, 4.69) is 0 Å². The standard InChI is InChI=1S/C14H17NO2/c1-5-9-10(6-2)15-13(16)11(7-3)12(8-4)14(15)17/h5-9H,1-4H3/b9-5-,10-6+,11-7+,12-8+. The van der Waals surface area contributed by atoms with Crippen molar-refractivity contribution in [2.75, 3.05) is 0 Å². The van der Waals surface area contributed by atoms with E-state index in [1.54, 1.807) is 51.2 Å². The Kier molecular flexibility index (Phi) is 4.21. The summed E-state index contributed by atoms with van der Waals surface area (Å²) in [5.74, 6) is -0.506. The maximum atomic E-state index is 12.1. The molecule has 0 bridgehead atoms. The summed E-state index contributed by atoms with van der Waals surface area (Å²) < 4.78 is 0. The molecule has 1 fully saturated rings. The van der Waals surface area contributed by atoms with Crippen molar-refractivity contribution in [1.29, 1.82) is 0 Å². The second-order valence-electron chi connectivity index (χ2n) is 3.56. The van der Waals surface area contributed by atoms with Crippen molar-refractivity contribution < 1.29 is 9.59 Å². The van der Waals surface area contributed by atoms with E-state index in [4.69, 9.17) is 0 Å². The number of imide groups is 1. The monoisotopic (exact) mass is 231 g/mol. The van der Waals surface area contributed by atoms with Gasteiger partial charge in [0.25, 0.3) is 11.8 Å². The van der Waals surface area contributed by atoms with Gasteiger partial charge in [0, 0.05) is 16.8 Å². The predicted octanol–water partition coefficient (Wildman–Crippen LogP) is 2.73. The number of nitrogens with zero attached hydrogens (tertiary/aromatic N) is 1. The van der Waals surface area contributed by atoms with Gasteiger partial charge in [-0.05, 0) is 33.8 Å². The molecule has 1 heterocycles. The predicted molar refractivity (Wildman–Crippen MR) is 67.9 cm³/mol. The van der Waals surface area contributed by atoms with E-state index < -0.39 is 0 Å². The van der Waals surface area contributed by atoms with Gasteiger partial charge >= 0.3 is 0 Å². The fourth-order valence-electron chi connectivity index (χ4n) is 1.83. The van der Waals surface area contributed by atoms with Crippen LogP contribution >= 0.6 is 0 Å². The van der Waals surface area contributed by atoms with Gasteiger partial charge in [-0.1, -0.05) is 24.3 Å². The lowest BCUT2D eigenvalue weighted by Gasteiger charge is -2.13. The third-order valence-corrected chi connectivity index (χ3v) is 2.63. The number of hydrogen-bond donors (Lipinski definition) is 0. The van der Waals surface area contributed by atoms with Crippen molar-refractivity contribution in [2.24, 2.45) is 0 Å². The quantitative estimate of drug-likeness (QED) is 0.416. The van der Waals surface area contributed by atoms with Gasteiger partial charge in [-0.15, -0.1) is 0 Å². The molecule has 2 amide bonds. The van der Waals surface area contributed by atoms with Crippen molar-refractivity contribution in [1.82, 2.24) is 4.90 Å². The first kappa shape index (κ1) is 13.2. The summed E-state index contributed by atoms with van der Waals surface area (Å²) in [6.45, 7) is 7.18. The van der Waals surface area contributed by atoms with Crippen molar-refractivity contribution >= 4 is 11.8 Å². The van der Waals surface area contributed by atoms with Crippen LogP contribution < -0.4 is 0 Å². The Morgan fingerprint density at radius 2 is 1.41 bits per heavy atom. The van der Waals surface area contributed by atoms with Crippen molar-refractivity contribution in [3.63, 3.8) is 0 Å². The number of hydrogen-bond acceptors (Lipinski definition) is 2. The summed E-state index contributed by atoms with van der Waals surface area (Å²) in [4.78, 5) is 25.4. The highest BCUT2D eigenvalue weighted by molar-refractivity contribution is 6.25. The highest BCUT2D eigenvalue weighted by atomic mass is 16.2. The summed E-state index contributed by atoms with van der Waals surface area (Å²) >= 11 is 0. The summed E-state index contributed by atoms with van der Waals surface area (Å²) in [6, 6.07) is 0. The van der Waals surface area contributed by atoms with Crippen LogP contribution in [0.3, 0.4) is 0 Å². The lowest BCUT2D eigenvalue weighted by molar-refractivity contribution is -0.133. The summed E-state index contributed by atoms with van der Waals surface area (Å²) in [5.41, 5.74) is 1.56. The van der Waals surface area contributed by atoms with Gasteiger partial charge in [0.05, 0.1) is 0 Å². The van der Waals surface area contributed by atoms with Crippen molar-refractivity contribution in [2.45, 2.75) is 27.7 Å². The Hall–Kier alpha value is -1.90. The van der Waals surface area contributed by atoms with E-state index in [1.165, 1.54) is 4.90 Å². The molecule has 90 valence electrons. The average molecular weight is 231 g/mol. The second kappa shape index (κ2) is 5.43. The first-order chi connectivity index (χ1) is 8.12. The van der Waals surface area contributed by atoms with E-state index in [0.29, 0.717) is 16.8 Å². The third kappa shape index (κ3) is 2.13. The lowest BCUT2D eigenvalue weighted by atomic mass is 10.1. The van der Waals surface area contributed by atoms with Gasteiger partial charge in [-0.2, -0.15) is 0 Å². The van der Waals surface area contributed by atoms with E-state index in [0.717, 1.165) is 0 Å². The molecule has 0 atom stereocenters. The first-order valence-corrected chi connectivity index (χ1v) is 5.63. The van der Waals surface area contributed by atoms with Gasteiger partial charge in [0.15, 0.2) is 0 Å². The number of carbonyl (C=O) groups is 2. The molecule has 0 unspecified atom stereocenters. The SMILES string of the molecule is C/C=C\C(=C/C)N1C(=O)C(=C/C)/C(=C\C)C1=O. The molecule has 1 saturated heterocycles. The molecule has 0 aromatic carbocycles. The largest absolute Gasteiger partial charge is 0.268 e. The maximum absolute atomic E-state index is 12.1. The van der Waals surface area contributed by atoms with Gasteiger partial charge in [-0.25, -0.2) is 4.90 Å².